The molecule has 0 bridgehead atoms. The van der Waals surface area contributed by atoms with Gasteiger partial charge in [0.1, 0.15) is 12.2 Å². The lowest BCUT2D eigenvalue weighted by atomic mass is 10.2. The maximum atomic E-state index is 11.3. The van der Waals surface area contributed by atoms with Gasteiger partial charge in [-0.3, -0.25) is 9.09 Å². The van der Waals surface area contributed by atoms with Gasteiger partial charge < -0.3 is 19.8 Å². The molecule has 12 heavy (non-hydrogen) atoms. The summed E-state index contributed by atoms with van der Waals surface area (Å²) >= 11 is 0. The zero-order valence-corrected chi connectivity index (χ0v) is 7.35. The van der Waals surface area contributed by atoms with Gasteiger partial charge in [0.15, 0.2) is 5.85 Å². The van der Waals surface area contributed by atoms with E-state index in [0.29, 0.717) is 0 Å². The van der Waals surface area contributed by atoms with Gasteiger partial charge in [-0.05, 0) is 0 Å². The minimum atomic E-state index is -3.63. The molecule has 0 aromatic carbocycles. The molecule has 1 aliphatic rings. The van der Waals surface area contributed by atoms with E-state index in [2.05, 4.69) is 9.05 Å². The number of hydrogen-bond donors (Lipinski definition) is 3. The lowest BCUT2D eigenvalue weighted by Crippen LogP contribution is -2.31. The van der Waals surface area contributed by atoms with Crippen LogP contribution in [0.25, 0.3) is 0 Å². The lowest BCUT2D eigenvalue weighted by molar-refractivity contribution is -0.00131. The van der Waals surface area contributed by atoms with E-state index >= 15 is 0 Å². The first kappa shape index (κ1) is 10.1. The summed E-state index contributed by atoms with van der Waals surface area (Å²) in [5, 5.41) is 26.9. The molecule has 1 heterocycles. The average molecular weight is 198 g/mol. The molecule has 6 nitrogen and oxygen atoms in total. The number of aliphatic hydroxyl groups is 3. The zero-order valence-electron chi connectivity index (χ0n) is 6.45. The minimum absolute atomic E-state index is 0.508. The standard InChI is InChI=1S/C5H11O6P/c1-10-12(9)5(8)4(7)3(2-6)11-12/h3-8H,2H2,1H3/t3-,4-,5-,12-/m1/s1. The van der Waals surface area contributed by atoms with Crippen molar-refractivity contribution in [3.63, 3.8) is 0 Å². The fourth-order valence-electron chi connectivity index (χ4n) is 0.985. The second-order valence-electron chi connectivity index (χ2n) is 2.45. The first-order valence-electron chi connectivity index (χ1n) is 3.36. The molecule has 3 N–H and O–H groups in total. The predicted molar refractivity (Wildman–Crippen MR) is 38.6 cm³/mol. The third-order valence-corrected chi connectivity index (χ3v) is 3.75. The van der Waals surface area contributed by atoms with E-state index in [0.717, 1.165) is 7.11 Å². The zero-order chi connectivity index (χ0) is 9.35. The highest BCUT2D eigenvalue weighted by Crippen LogP contribution is 2.58. The molecular weight excluding hydrogens is 187 g/mol. The Morgan fingerprint density at radius 1 is 1.58 bits per heavy atom. The molecule has 0 spiro atoms. The van der Waals surface area contributed by atoms with E-state index < -0.39 is 32.3 Å². The van der Waals surface area contributed by atoms with E-state index in [9.17, 15) is 4.57 Å². The van der Waals surface area contributed by atoms with Crippen LogP contribution >= 0.6 is 7.60 Å². The van der Waals surface area contributed by atoms with Crippen molar-refractivity contribution in [2.45, 2.75) is 18.1 Å². The van der Waals surface area contributed by atoms with E-state index in [4.69, 9.17) is 15.3 Å². The molecule has 0 aromatic heterocycles. The highest BCUT2D eigenvalue weighted by atomic mass is 31.2. The molecule has 0 aromatic rings. The molecule has 1 rings (SSSR count). The highest BCUT2D eigenvalue weighted by molar-refractivity contribution is 7.54. The summed E-state index contributed by atoms with van der Waals surface area (Å²) in [6.45, 7) is -0.508. The van der Waals surface area contributed by atoms with Crippen LogP contribution in [0.4, 0.5) is 0 Å². The summed E-state index contributed by atoms with van der Waals surface area (Å²) in [5.74, 6) is -1.57. The van der Waals surface area contributed by atoms with E-state index in [-0.39, 0.29) is 0 Å². The van der Waals surface area contributed by atoms with Crippen molar-refractivity contribution in [2.75, 3.05) is 13.7 Å². The van der Waals surface area contributed by atoms with Crippen molar-refractivity contribution in [1.29, 1.82) is 0 Å². The molecule has 4 atom stereocenters. The van der Waals surface area contributed by atoms with Crippen molar-refractivity contribution in [3.05, 3.63) is 0 Å². The first-order valence-corrected chi connectivity index (χ1v) is 4.97. The van der Waals surface area contributed by atoms with Gasteiger partial charge in [-0.15, -0.1) is 0 Å². The fourth-order valence-corrected chi connectivity index (χ4v) is 2.55. The average Bonchev–Trinajstić information content (AvgIpc) is 2.31. The maximum absolute atomic E-state index is 11.3. The fraction of sp³-hybridized carbons (Fsp3) is 1.00. The molecule has 1 fully saturated rings. The van der Waals surface area contributed by atoms with Crippen molar-refractivity contribution in [3.8, 4) is 0 Å². The molecular formula is C5H11O6P. The molecule has 72 valence electrons. The second kappa shape index (κ2) is 3.41. The van der Waals surface area contributed by atoms with E-state index in [1.54, 1.807) is 0 Å². The van der Waals surface area contributed by atoms with Crippen LogP contribution in [0.2, 0.25) is 0 Å². The number of rotatable bonds is 2. The topological polar surface area (TPSA) is 96.2 Å². The third kappa shape index (κ3) is 1.42. The Morgan fingerprint density at radius 2 is 2.17 bits per heavy atom. The van der Waals surface area contributed by atoms with Crippen molar-refractivity contribution < 1.29 is 28.9 Å². The van der Waals surface area contributed by atoms with Crippen molar-refractivity contribution in [1.82, 2.24) is 0 Å². The van der Waals surface area contributed by atoms with Gasteiger partial charge in [-0.2, -0.15) is 0 Å². The predicted octanol–water partition coefficient (Wildman–Crippen LogP) is -1.10. The van der Waals surface area contributed by atoms with Gasteiger partial charge in [-0.1, -0.05) is 0 Å². The van der Waals surface area contributed by atoms with Crippen molar-refractivity contribution in [2.24, 2.45) is 0 Å². The Bertz CT molecular complexity index is 206. The Hall–Kier alpha value is 0.0300. The van der Waals surface area contributed by atoms with Crippen LogP contribution in [0.1, 0.15) is 0 Å². The summed E-state index contributed by atoms with van der Waals surface area (Å²) in [7, 11) is -2.52. The van der Waals surface area contributed by atoms with E-state index in [1.165, 1.54) is 0 Å². The van der Waals surface area contributed by atoms with Crippen LogP contribution in [-0.2, 0) is 13.6 Å². The third-order valence-electron chi connectivity index (χ3n) is 1.73. The monoisotopic (exact) mass is 198 g/mol. The molecule has 0 amide bonds. The smallest absolute Gasteiger partial charge is 0.361 e. The minimum Gasteiger partial charge on any atom is -0.394 e. The normalized spacial score (nSPS) is 48.2. The Morgan fingerprint density at radius 3 is 2.42 bits per heavy atom. The Balaban J connectivity index is 2.80. The summed E-state index contributed by atoms with van der Waals surface area (Å²) in [5.41, 5.74) is 0. The molecule has 0 unspecified atom stereocenters. The molecule has 0 radical (unpaired) electrons. The Labute approximate surface area is 69.3 Å². The molecule has 7 heteroatoms. The van der Waals surface area contributed by atoms with Crippen LogP contribution in [0.5, 0.6) is 0 Å². The van der Waals surface area contributed by atoms with E-state index in [1.807, 2.05) is 0 Å². The van der Waals surface area contributed by atoms with Gasteiger partial charge in [0.05, 0.1) is 6.61 Å². The summed E-state index contributed by atoms with van der Waals surface area (Å²) in [6.07, 6.45) is -2.40. The van der Waals surface area contributed by atoms with Crippen LogP contribution in [0, 0.1) is 0 Å². The SMILES string of the molecule is CO[P@@]1(=O)O[C@H](CO)[C@@H](O)[C@@H]1O. The van der Waals surface area contributed by atoms with Crippen LogP contribution < -0.4 is 0 Å². The molecule has 1 aliphatic heterocycles. The largest absolute Gasteiger partial charge is 0.394 e. The molecule has 0 saturated carbocycles. The van der Waals surface area contributed by atoms with Crippen molar-refractivity contribution >= 4 is 7.60 Å². The lowest BCUT2D eigenvalue weighted by Gasteiger charge is -2.11. The summed E-state index contributed by atoms with van der Waals surface area (Å²) < 4.78 is 20.4. The van der Waals surface area contributed by atoms with Gasteiger partial charge >= 0.3 is 7.60 Å². The Kier molecular flexibility index (Phi) is 2.88. The quantitative estimate of drug-likeness (QED) is 0.487. The van der Waals surface area contributed by atoms with Gasteiger partial charge in [0.25, 0.3) is 0 Å². The van der Waals surface area contributed by atoms with Gasteiger partial charge in [-0.25, -0.2) is 0 Å². The highest BCUT2D eigenvalue weighted by Gasteiger charge is 2.51. The van der Waals surface area contributed by atoms with Gasteiger partial charge in [0.2, 0.25) is 0 Å². The molecule has 0 aliphatic carbocycles. The summed E-state index contributed by atoms with van der Waals surface area (Å²) in [4.78, 5) is 0. The number of aliphatic hydroxyl groups excluding tert-OH is 3. The maximum Gasteiger partial charge on any atom is 0.361 e. The van der Waals surface area contributed by atoms with Crippen LogP contribution in [0.15, 0.2) is 0 Å². The first-order chi connectivity index (χ1) is 5.55. The summed E-state index contributed by atoms with van der Waals surface area (Å²) in [6, 6.07) is 0. The second-order valence-corrected chi connectivity index (χ2v) is 4.64. The van der Waals surface area contributed by atoms with Crippen LogP contribution in [0.3, 0.4) is 0 Å². The van der Waals surface area contributed by atoms with Crippen LogP contribution in [-0.4, -0.2) is 47.1 Å². The van der Waals surface area contributed by atoms with Gasteiger partial charge in [0, 0.05) is 7.11 Å². The number of hydrogen-bond acceptors (Lipinski definition) is 6. The molecule has 1 saturated heterocycles.